The van der Waals surface area contributed by atoms with Gasteiger partial charge in [0.25, 0.3) is 0 Å². The summed E-state index contributed by atoms with van der Waals surface area (Å²) in [6, 6.07) is 0. The summed E-state index contributed by atoms with van der Waals surface area (Å²) in [7, 11) is 0. The van der Waals surface area contributed by atoms with Crippen LogP contribution in [0.25, 0.3) is 0 Å². The quantitative estimate of drug-likeness (QED) is 0.449. The second kappa shape index (κ2) is 5.19. The molecule has 6 nitrogen and oxygen atoms in total. The number of hydrogen-bond acceptors (Lipinski definition) is 5. The van der Waals surface area contributed by atoms with Gasteiger partial charge in [0.2, 0.25) is 5.83 Å². The summed E-state index contributed by atoms with van der Waals surface area (Å²) < 4.78 is 35.2. The lowest BCUT2D eigenvalue weighted by Gasteiger charge is -2.00. The number of allylic oxidation sites excluding steroid dienone is 1. The van der Waals surface area contributed by atoms with Crippen molar-refractivity contribution in [3.8, 4) is 0 Å². The van der Waals surface area contributed by atoms with Gasteiger partial charge in [0, 0.05) is 0 Å². The van der Waals surface area contributed by atoms with Gasteiger partial charge in [-0.3, -0.25) is 9.09 Å². The molecule has 0 spiro atoms. The predicted molar refractivity (Wildman–Crippen MR) is 51.0 cm³/mol. The van der Waals surface area contributed by atoms with Crippen LogP contribution in [0.15, 0.2) is 33.8 Å². The summed E-state index contributed by atoms with van der Waals surface area (Å²) in [5.41, 5.74) is 0. The van der Waals surface area contributed by atoms with E-state index in [1.807, 2.05) is 0 Å². The highest BCUT2D eigenvalue weighted by Gasteiger charge is 2.19. The number of carbonyl (C=O) groups excluding carboxylic acids is 1. The Morgan fingerprint density at radius 3 is 2.76 bits per heavy atom. The van der Waals surface area contributed by atoms with E-state index in [4.69, 9.17) is 0 Å². The molecule has 0 aromatic carbocycles. The van der Waals surface area contributed by atoms with Gasteiger partial charge in [0.15, 0.2) is 11.7 Å². The van der Waals surface area contributed by atoms with Crippen LogP contribution < -0.4 is 5.76 Å². The predicted octanol–water partition coefficient (Wildman–Crippen LogP) is 0.982. The SMILES string of the molecule is C=COC(=O)C(F)=C(F)Cn1c(C)noc1=O. The maximum atomic E-state index is 13.2. The van der Waals surface area contributed by atoms with Crippen LogP contribution >= 0.6 is 0 Å². The van der Waals surface area contributed by atoms with Gasteiger partial charge in [-0.1, -0.05) is 11.7 Å². The minimum Gasteiger partial charge on any atom is -0.430 e. The average molecular weight is 246 g/mol. The first-order valence-electron chi connectivity index (χ1n) is 4.36. The maximum Gasteiger partial charge on any atom is 0.441 e. The second-order valence-corrected chi connectivity index (χ2v) is 2.87. The molecule has 0 unspecified atom stereocenters. The first kappa shape index (κ1) is 12.8. The molecule has 0 radical (unpaired) electrons. The molecule has 0 bridgehead atoms. The third kappa shape index (κ3) is 2.86. The Kier molecular flexibility index (Phi) is 3.91. The summed E-state index contributed by atoms with van der Waals surface area (Å²) in [6.07, 6.45) is 0.659. The molecule has 0 aliphatic rings. The van der Waals surface area contributed by atoms with Crippen molar-refractivity contribution in [2.24, 2.45) is 0 Å². The summed E-state index contributed by atoms with van der Waals surface area (Å²) in [5, 5.41) is 3.24. The summed E-state index contributed by atoms with van der Waals surface area (Å²) >= 11 is 0. The lowest BCUT2D eigenvalue weighted by molar-refractivity contribution is -0.135. The number of halogens is 2. The summed E-state index contributed by atoms with van der Waals surface area (Å²) in [4.78, 5) is 21.8. The molecule has 17 heavy (non-hydrogen) atoms. The van der Waals surface area contributed by atoms with Gasteiger partial charge >= 0.3 is 11.7 Å². The van der Waals surface area contributed by atoms with E-state index in [-0.39, 0.29) is 5.82 Å². The Bertz CT molecular complexity index is 529. The highest BCUT2D eigenvalue weighted by atomic mass is 19.2. The van der Waals surface area contributed by atoms with Crippen LogP contribution in [0.5, 0.6) is 0 Å². The number of aryl methyl sites for hydroxylation is 1. The summed E-state index contributed by atoms with van der Waals surface area (Å²) in [6.45, 7) is 3.57. The lowest BCUT2D eigenvalue weighted by atomic mass is 10.4. The molecule has 1 rings (SSSR count). The fourth-order valence-corrected chi connectivity index (χ4v) is 0.961. The smallest absolute Gasteiger partial charge is 0.430 e. The van der Waals surface area contributed by atoms with Crippen molar-refractivity contribution < 1.29 is 22.8 Å². The fraction of sp³-hybridized carbons (Fsp3) is 0.222. The van der Waals surface area contributed by atoms with E-state index in [2.05, 4.69) is 21.0 Å². The second-order valence-electron chi connectivity index (χ2n) is 2.87. The van der Waals surface area contributed by atoms with Crippen molar-refractivity contribution >= 4 is 5.97 Å². The van der Waals surface area contributed by atoms with Gasteiger partial charge in [-0.15, -0.1) is 0 Å². The molecule has 0 amide bonds. The van der Waals surface area contributed by atoms with E-state index < -0.39 is 29.9 Å². The van der Waals surface area contributed by atoms with Gasteiger partial charge in [-0.2, -0.15) is 4.39 Å². The number of esters is 1. The molecule has 0 atom stereocenters. The van der Waals surface area contributed by atoms with Crippen molar-refractivity contribution in [1.29, 1.82) is 0 Å². The zero-order valence-electron chi connectivity index (χ0n) is 8.77. The number of rotatable bonds is 4. The number of carbonyl (C=O) groups is 1. The molecular weight excluding hydrogens is 238 g/mol. The molecule has 8 heteroatoms. The minimum absolute atomic E-state index is 0.0510. The fourth-order valence-electron chi connectivity index (χ4n) is 0.961. The molecule has 0 aliphatic carbocycles. The van der Waals surface area contributed by atoms with Crippen LogP contribution in [0.4, 0.5) is 8.78 Å². The van der Waals surface area contributed by atoms with Crippen molar-refractivity contribution in [3.63, 3.8) is 0 Å². The summed E-state index contributed by atoms with van der Waals surface area (Å²) in [5.74, 6) is -5.64. The molecule has 0 saturated carbocycles. The van der Waals surface area contributed by atoms with Crippen LogP contribution in [0, 0.1) is 6.92 Å². The van der Waals surface area contributed by atoms with Crippen LogP contribution in [-0.4, -0.2) is 15.7 Å². The number of nitrogens with zero attached hydrogens (tertiary/aromatic N) is 2. The Hall–Kier alpha value is -2.25. The van der Waals surface area contributed by atoms with Gasteiger partial charge in [-0.05, 0) is 6.92 Å². The zero-order valence-corrected chi connectivity index (χ0v) is 8.77. The first-order valence-corrected chi connectivity index (χ1v) is 4.36. The number of hydrogen-bond donors (Lipinski definition) is 0. The first-order chi connectivity index (χ1) is 7.97. The van der Waals surface area contributed by atoms with Gasteiger partial charge in [-0.25, -0.2) is 14.0 Å². The Morgan fingerprint density at radius 1 is 1.65 bits per heavy atom. The largest absolute Gasteiger partial charge is 0.441 e. The van der Waals surface area contributed by atoms with E-state index in [0.717, 1.165) is 4.57 Å². The van der Waals surface area contributed by atoms with Crippen LogP contribution in [0.1, 0.15) is 5.82 Å². The van der Waals surface area contributed by atoms with Crippen molar-refractivity contribution in [3.05, 3.63) is 40.9 Å². The topological polar surface area (TPSA) is 74.3 Å². The molecule has 1 aromatic heterocycles. The van der Waals surface area contributed by atoms with Gasteiger partial charge in [0.05, 0.1) is 12.8 Å². The van der Waals surface area contributed by atoms with Crippen molar-refractivity contribution in [2.75, 3.05) is 0 Å². The number of ether oxygens (including phenoxy) is 1. The minimum atomic E-state index is -1.74. The normalized spacial score (nSPS) is 11.9. The van der Waals surface area contributed by atoms with Crippen LogP contribution in [0.3, 0.4) is 0 Å². The molecule has 0 fully saturated rings. The van der Waals surface area contributed by atoms with E-state index in [0.29, 0.717) is 6.26 Å². The van der Waals surface area contributed by atoms with Crippen molar-refractivity contribution in [2.45, 2.75) is 13.5 Å². The van der Waals surface area contributed by atoms with E-state index in [1.165, 1.54) is 6.92 Å². The zero-order chi connectivity index (χ0) is 13.0. The lowest BCUT2D eigenvalue weighted by Crippen LogP contribution is -2.17. The molecular formula is C9H8F2N2O4. The molecule has 1 aromatic rings. The molecule has 92 valence electrons. The Morgan fingerprint density at radius 2 is 2.29 bits per heavy atom. The molecule has 1 heterocycles. The van der Waals surface area contributed by atoms with E-state index in [9.17, 15) is 18.4 Å². The van der Waals surface area contributed by atoms with Gasteiger partial charge < -0.3 is 4.74 Å². The maximum absolute atomic E-state index is 13.2. The highest BCUT2D eigenvalue weighted by Crippen LogP contribution is 2.12. The Labute approximate surface area is 93.8 Å². The van der Waals surface area contributed by atoms with Gasteiger partial charge in [0.1, 0.15) is 0 Å². The highest BCUT2D eigenvalue weighted by molar-refractivity contribution is 5.86. The van der Waals surface area contributed by atoms with E-state index >= 15 is 0 Å². The van der Waals surface area contributed by atoms with Crippen molar-refractivity contribution in [1.82, 2.24) is 9.72 Å². The standard InChI is InChI=1S/C9H8F2N2O4/c1-3-16-8(14)7(11)6(10)4-13-5(2)12-17-9(13)15/h3H,1,4H2,2H3. The molecule has 0 aliphatic heterocycles. The van der Waals surface area contributed by atoms with Crippen LogP contribution in [-0.2, 0) is 16.1 Å². The third-order valence-electron chi connectivity index (χ3n) is 1.77. The molecule has 0 N–H and O–H groups in total. The van der Waals surface area contributed by atoms with E-state index in [1.54, 1.807) is 0 Å². The third-order valence-corrected chi connectivity index (χ3v) is 1.77. The monoisotopic (exact) mass is 246 g/mol. The number of aromatic nitrogens is 2. The average Bonchev–Trinajstić information content (AvgIpc) is 2.60. The van der Waals surface area contributed by atoms with Crippen LogP contribution in [0.2, 0.25) is 0 Å². The molecule has 0 saturated heterocycles. The Balaban J connectivity index is 2.95.